The number of nitrogens with zero attached hydrogens (tertiary/aromatic N) is 1. The quantitative estimate of drug-likeness (QED) is 0.456. The number of aliphatic imine (C=N–C) groups is 1. The Kier molecular flexibility index (Phi) is 4.24. The first-order valence-electron chi connectivity index (χ1n) is 7.55. The number of isocyanates is 1. The van der Waals surface area contributed by atoms with Gasteiger partial charge >= 0.3 is 0 Å². The summed E-state index contributed by atoms with van der Waals surface area (Å²) in [6, 6.07) is 0. The van der Waals surface area contributed by atoms with E-state index in [0.29, 0.717) is 6.42 Å². The number of rotatable bonds is 3. The topological polar surface area (TPSA) is 57.1 Å². The van der Waals surface area contributed by atoms with Crippen LogP contribution in [0.2, 0.25) is 18.1 Å². The molecule has 0 radical (unpaired) electrons. The van der Waals surface area contributed by atoms with Gasteiger partial charge in [0.2, 0.25) is 6.08 Å². The molecule has 0 amide bonds. The molecular weight excluding hydrogens is 286 g/mol. The Morgan fingerprint density at radius 1 is 1.29 bits per heavy atom. The van der Waals surface area contributed by atoms with E-state index in [4.69, 9.17) is 13.9 Å². The van der Waals surface area contributed by atoms with Crippen molar-refractivity contribution in [3.05, 3.63) is 0 Å². The second-order valence-corrected chi connectivity index (χ2v) is 12.9. The monoisotopic (exact) mass is 313 g/mol. The molecule has 4 atom stereocenters. The van der Waals surface area contributed by atoms with Crippen LogP contribution in [0.3, 0.4) is 0 Å². The lowest BCUT2D eigenvalue weighted by Gasteiger charge is -2.47. The lowest BCUT2D eigenvalue weighted by Crippen LogP contribution is -2.54. The Morgan fingerprint density at radius 3 is 2.43 bits per heavy atom. The maximum atomic E-state index is 10.5. The summed E-state index contributed by atoms with van der Waals surface area (Å²) in [4.78, 5) is 14.2. The zero-order valence-corrected chi connectivity index (χ0v) is 15.1. The van der Waals surface area contributed by atoms with E-state index in [2.05, 4.69) is 52.7 Å². The van der Waals surface area contributed by atoms with E-state index in [1.54, 1.807) is 6.08 Å². The molecule has 0 aromatic carbocycles. The van der Waals surface area contributed by atoms with Gasteiger partial charge in [0.1, 0.15) is 6.10 Å². The van der Waals surface area contributed by atoms with Gasteiger partial charge in [0.05, 0.1) is 6.10 Å². The van der Waals surface area contributed by atoms with Crippen LogP contribution in [0.15, 0.2) is 4.99 Å². The van der Waals surface area contributed by atoms with Gasteiger partial charge in [-0.2, -0.15) is 4.99 Å². The van der Waals surface area contributed by atoms with Crippen LogP contribution in [-0.2, 0) is 18.7 Å². The molecule has 120 valence electrons. The fourth-order valence-corrected chi connectivity index (χ4v) is 4.02. The molecule has 0 aromatic heterocycles. The van der Waals surface area contributed by atoms with Gasteiger partial charge in [0.25, 0.3) is 0 Å². The predicted octanol–water partition coefficient (Wildman–Crippen LogP) is 3.21. The van der Waals surface area contributed by atoms with E-state index < -0.39 is 14.5 Å². The van der Waals surface area contributed by atoms with Gasteiger partial charge in [-0.3, -0.25) is 0 Å². The summed E-state index contributed by atoms with van der Waals surface area (Å²) in [5.74, 6) is 0. The van der Waals surface area contributed by atoms with Gasteiger partial charge in [-0.05, 0) is 18.1 Å². The van der Waals surface area contributed by atoms with Crippen LogP contribution in [0.25, 0.3) is 0 Å². The van der Waals surface area contributed by atoms with Gasteiger partial charge in [0.15, 0.2) is 20.8 Å². The molecule has 2 aliphatic heterocycles. The Balaban J connectivity index is 2.20. The average Bonchev–Trinajstić information content (AvgIpc) is 2.66. The summed E-state index contributed by atoms with van der Waals surface area (Å²) in [7, 11) is -1.87. The Hall–Kier alpha value is -0.523. The van der Waals surface area contributed by atoms with Crippen molar-refractivity contribution in [3.63, 3.8) is 0 Å². The number of ether oxygens (including phenoxy) is 2. The standard InChI is InChI=1S/C15H27NO4Si/c1-14(2,3)21(6,7)20-11-8-10-12(16-9-17)19-13(18-10)15(11,4)5/h10-13H,8H2,1-7H3/t10-,11+,12-,13-/m0/s1. The molecule has 2 aliphatic rings. The third-order valence-electron chi connectivity index (χ3n) is 5.19. The smallest absolute Gasteiger partial charge is 0.237 e. The van der Waals surface area contributed by atoms with E-state index in [1.807, 2.05) is 0 Å². The molecule has 0 unspecified atom stereocenters. The van der Waals surface area contributed by atoms with Gasteiger partial charge in [-0.15, -0.1) is 0 Å². The Morgan fingerprint density at radius 2 is 1.90 bits per heavy atom. The molecule has 0 aromatic rings. The maximum absolute atomic E-state index is 10.5. The van der Waals surface area contributed by atoms with Crippen molar-refractivity contribution in [3.8, 4) is 0 Å². The van der Waals surface area contributed by atoms with Crippen LogP contribution < -0.4 is 0 Å². The number of carbonyl (C=O) groups excluding carboxylic acids is 1. The van der Waals surface area contributed by atoms with Crippen molar-refractivity contribution in [1.29, 1.82) is 0 Å². The third-order valence-corrected chi connectivity index (χ3v) is 9.67. The highest BCUT2D eigenvalue weighted by Gasteiger charge is 2.56. The highest BCUT2D eigenvalue weighted by atomic mass is 28.4. The minimum Gasteiger partial charge on any atom is -0.413 e. The molecule has 2 fully saturated rings. The first kappa shape index (κ1) is 16.8. The molecule has 0 N–H and O–H groups in total. The lowest BCUT2D eigenvalue weighted by molar-refractivity contribution is -0.197. The molecule has 2 saturated heterocycles. The maximum Gasteiger partial charge on any atom is 0.237 e. The SMILES string of the molecule is CC1(C)[C@H]2O[C@@H](C[C@H]1O[Si](C)(C)C(C)(C)C)[C@@H](N=C=O)O2. The van der Waals surface area contributed by atoms with E-state index in [9.17, 15) is 4.79 Å². The van der Waals surface area contributed by atoms with Crippen LogP contribution in [0, 0.1) is 5.41 Å². The zero-order chi connectivity index (χ0) is 16.1. The van der Waals surface area contributed by atoms with Gasteiger partial charge in [-0.1, -0.05) is 34.6 Å². The van der Waals surface area contributed by atoms with Crippen LogP contribution in [0.1, 0.15) is 41.0 Å². The van der Waals surface area contributed by atoms with Gasteiger partial charge < -0.3 is 13.9 Å². The van der Waals surface area contributed by atoms with Crippen LogP contribution in [-0.4, -0.2) is 39.1 Å². The second kappa shape index (κ2) is 5.28. The summed E-state index contributed by atoms with van der Waals surface area (Å²) in [6.07, 6.45) is 1.19. The highest BCUT2D eigenvalue weighted by Crippen LogP contribution is 2.48. The van der Waals surface area contributed by atoms with Crippen molar-refractivity contribution in [1.82, 2.24) is 0 Å². The normalized spacial score (nSPS) is 35.4. The lowest BCUT2D eigenvalue weighted by atomic mass is 9.81. The first-order valence-corrected chi connectivity index (χ1v) is 10.5. The Bertz CT molecular complexity index is 451. The highest BCUT2D eigenvalue weighted by molar-refractivity contribution is 6.74. The summed E-state index contributed by atoms with van der Waals surface area (Å²) in [5, 5.41) is 0.154. The van der Waals surface area contributed by atoms with E-state index >= 15 is 0 Å². The fraction of sp³-hybridized carbons (Fsp3) is 0.933. The van der Waals surface area contributed by atoms with Crippen molar-refractivity contribution in [2.24, 2.45) is 10.4 Å². The molecule has 2 bridgehead atoms. The summed E-state index contributed by atoms with van der Waals surface area (Å²) in [5.41, 5.74) is -0.265. The van der Waals surface area contributed by atoms with E-state index in [-0.39, 0.29) is 29.0 Å². The third kappa shape index (κ3) is 3.01. The van der Waals surface area contributed by atoms with Crippen LogP contribution >= 0.6 is 0 Å². The van der Waals surface area contributed by atoms with Crippen LogP contribution in [0.5, 0.6) is 0 Å². The molecule has 2 heterocycles. The van der Waals surface area contributed by atoms with E-state index in [1.165, 1.54) is 0 Å². The summed E-state index contributed by atoms with van der Waals surface area (Å²) >= 11 is 0. The molecular formula is C15H27NO4Si. The average molecular weight is 313 g/mol. The number of hydrogen-bond acceptors (Lipinski definition) is 5. The van der Waals surface area contributed by atoms with E-state index in [0.717, 1.165) is 0 Å². The second-order valence-electron chi connectivity index (χ2n) is 8.18. The minimum atomic E-state index is -1.87. The number of fused-ring (bicyclic) bond motifs is 2. The van der Waals surface area contributed by atoms with Crippen LogP contribution in [0.4, 0.5) is 0 Å². The first-order chi connectivity index (χ1) is 9.49. The Labute approximate surface area is 128 Å². The van der Waals surface area contributed by atoms with Crippen molar-refractivity contribution in [2.75, 3.05) is 0 Å². The number of hydrogen-bond donors (Lipinski definition) is 0. The fourth-order valence-electron chi connectivity index (χ4n) is 2.56. The van der Waals surface area contributed by atoms with Crippen molar-refractivity contribution >= 4 is 14.4 Å². The van der Waals surface area contributed by atoms with Gasteiger partial charge in [-0.25, -0.2) is 4.79 Å². The van der Waals surface area contributed by atoms with Gasteiger partial charge in [0, 0.05) is 11.8 Å². The molecule has 5 nitrogen and oxygen atoms in total. The largest absolute Gasteiger partial charge is 0.413 e. The molecule has 0 spiro atoms. The summed E-state index contributed by atoms with van der Waals surface area (Å²) in [6.45, 7) is 15.4. The predicted molar refractivity (Wildman–Crippen MR) is 82.1 cm³/mol. The zero-order valence-electron chi connectivity index (χ0n) is 14.1. The van der Waals surface area contributed by atoms with Crippen molar-refractivity contribution < 1.29 is 18.7 Å². The minimum absolute atomic E-state index is 0.0500. The molecule has 0 saturated carbocycles. The molecule has 2 rings (SSSR count). The molecule has 21 heavy (non-hydrogen) atoms. The summed E-state index contributed by atoms with van der Waals surface area (Å²) < 4.78 is 18.2. The van der Waals surface area contributed by atoms with Crippen molar-refractivity contribution in [2.45, 2.75) is 83.9 Å². The molecule has 0 aliphatic carbocycles. The molecule has 6 heteroatoms.